The molecule has 7 nitrogen and oxygen atoms in total. The first kappa shape index (κ1) is 15.7. The molecule has 0 bridgehead atoms. The molecule has 124 valence electrons. The predicted molar refractivity (Wildman–Crippen MR) is 89.6 cm³/mol. The molecule has 2 aromatic rings. The molecule has 0 aromatic carbocycles. The van der Waals surface area contributed by atoms with Gasteiger partial charge in [0.25, 0.3) is 0 Å². The summed E-state index contributed by atoms with van der Waals surface area (Å²) in [6.07, 6.45) is 7.90. The van der Waals surface area contributed by atoms with Crippen LogP contribution in [0.15, 0.2) is 18.5 Å². The molecule has 23 heavy (non-hydrogen) atoms. The summed E-state index contributed by atoms with van der Waals surface area (Å²) in [6.45, 7) is 4.49. The van der Waals surface area contributed by atoms with Crippen molar-refractivity contribution in [1.82, 2.24) is 20.2 Å². The molecule has 1 aliphatic heterocycles. The first-order valence-electron chi connectivity index (χ1n) is 8.21. The van der Waals surface area contributed by atoms with E-state index in [0.717, 1.165) is 57.0 Å². The molecule has 1 aliphatic rings. The Bertz CT molecular complexity index is 608. The number of anilines is 2. The zero-order valence-corrected chi connectivity index (χ0v) is 13.5. The summed E-state index contributed by atoms with van der Waals surface area (Å²) < 4.78 is 5.48. The minimum atomic E-state index is 0.343. The Morgan fingerprint density at radius 2 is 2.39 bits per heavy atom. The highest BCUT2D eigenvalue weighted by molar-refractivity contribution is 5.40. The Kier molecular flexibility index (Phi) is 5.42. The molecular weight excluding hydrogens is 292 g/mol. The van der Waals surface area contributed by atoms with Crippen LogP contribution in [0.1, 0.15) is 30.5 Å². The van der Waals surface area contributed by atoms with Gasteiger partial charge in [-0.15, -0.1) is 0 Å². The molecule has 0 amide bonds. The summed E-state index contributed by atoms with van der Waals surface area (Å²) in [5.74, 6) is 1.51. The number of H-pyrrole nitrogens is 1. The second-order valence-corrected chi connectivity index (χ2v) is 5.87. The Morgan fingerprint density at radius 3 is 3.17 bits per heavy atom. The molecule has 1 fully saturated rings. The largest absolute Gasteiger partial charge is 0.379 e. The van der Waals surface area contributed by atoms with Crippen molar-refractivity contribution in [3.63, 3.8) is 0 Å². The van der Waals surface area contributed by atoms with Gasteiger partial charge in [-0.25, -0.2) is 4.98 Å². The maximum Gasteiger partial charge on any atom is 0.224 e. The number of aromatic amines is 1. The lowest BCUT2D eigenvalue weighted by molar-refractivity contribution is 0.0875. The Hall–Kier alpha value is -2.15. The molecule has 0 saturated carbocycles. The summed E-state index contributed by atoms with van der Waals surface area (Å²) in [7, 11) is 0. The van der Waals surface area contributed by atoms with E-state index in [9.17, 15) is 0 Å². The molecule has 3 N–H and O–H groups in total. The highest BCUT2D eigenvalue weighted by atomic mass is 16.5. The van der Waals surface area contributed by atoms with Crippen LogP contribution in [-0.4, -0.2) is 46.0 Å². The third-order valence-corrected chi connectivity index (χ3v) is 4.01. The van der Waals surface area contributed by atoms with Gasteiger partial charge in [-0.2, -0.15) is 10.1 Å². The first-order chi connectivity index (χ1) is 11.3. The maximum absolute atomic E-state index is 5.48. The Balaban J connectivity index is 1.44. The normalized spacial score (nSPS) is 17.9. The second-order valence-electron chi connectivity index (χ2n) is 5.87. The van der Waals surface area contributed by atoms with E-state index in [2.05, 4.69) is 30.8 Å². The number of hydrogen-bond donors (Lipinski definition) is 3. The van der Waals surface area contributed by atoms with Gasteiger partial charge in [0.1, 0.15) is 5.82 Å². The highest BCUT2D eigenvalue weighted by Crippen LogP contribution is 2.13. The number of ether oxygens (including phenoxy) is 1. The van der Waals surface area contributed by atoms with Crippen LogP contribution in [0.2, 0.25) is 0 Å². The minimum Gasteiger partial charge on any atom is -0.379 e. The van der Waals surface area contributed by atoms with Gasteiger partial charge in [0.2, 0.25) is 5.95 Å². The monoisotopic (exact) mass is 316 g/mol. The van der Waals surface area contributed by atoms with E-state index in [4.69, 9.17) is 4.74 Å². The van der Waals surface area contributed by atoms with Crippen molar-refractivity contribution < 1.29 is 4.74 Å². The van der Waals surface area contributed by atoms with E-state index >= 15 is 0 Å². The summed E-state index contributed by atoms with van der Waals surface area (Å²) in [6, 6.07) is 2.24. The molecule has 1 atom stereocenters. The summed E-state index contributed by atoms with van der Waals surface area (Å²) in [5.41, 5.74) is 2.41. The fourth-order valence-corrected chi connectivity index (χ4v) is 2.69. The Labute approximate surface area is 136 Å². The van der Waals surface area contributed by atoms with Gasteiger partial charge in [-0.3, -0.25) is 5.10 Å². The van der Waals surface area contributed by atoms with Crippen LogP contribution in [0.25, 0.3) is 0 Å². The lowest BCUT2D eigenvalue weighted by Crippen LogP contribution is -2.30. The SMILES string of the molecule is Cc1[nH]ncc1CCCNc1nccc(NC2CCCOC2)n1. The van der Waals surface area contributed by atoms with Crippen LogP contribution < -0.4 is 10.6 Å². The van der Waals surface area contributed by atoms with Crippen LogP contribution >= 0.6 is 0 Å². The van der Waals surface area contributed by atoms with E-state index in [-0.39, 0.29) is 0 Å². The van der Waals surface area contributed by atoms with E-state index in [0.29, 0.717) is 12.0 Å². The van der Waals surface area contributed by atoms with Crippen LogP contribution in [0.3, 0.4) is 0 Å². The van der Waals surface area contributed by atoms with Gasteiger partial charge >= 0.3 is 0 Å². The summed E-state index contributed by atoms with van der Waals surface area (Å²) in [4.78, 5) is 8.78. The zero-order valence-electron chi connectivity index (χ0n) is 13.5. The van der Waals surface area contributed by atoms with Gasteiger partial charge in [0.15, 0.2) is 0 Å². The van der Waals surface area contributed by atoms with Gasteiger partial charge in [0.05, 0.1) is 18.8 Å². The lowest BCUT2D eigenvalue weighted by Gasteiger charge is -2.23. The summed E-state index contributed by atoms with van der Waals surface area (Å²) in [5, 5.41) is 13.7. The zero-order chi connectivity index (χ0) is 15.9. The molecule has 1 unspecified atom stereocenters. The molecular formula is C16H24N6O. The number of aryl methyl sites for hydroxylation is 2. The van der Waals surface area contributed by atoms with Crippen molar-refractivity contribution in [2.24, 2.45) is 0 Å². The molecule has 7 heteroatoms. The van der Waals surface area contributed by atoms with Gasteiger partial charge in [-0.1, -0.05) is 0 Å². The van der Waals surface area contributed by atoms with Crippen molar-refractivity contribution in [2.45, 2.75) is 38.6 Å². The van der Waals surface area contributed by atoms with Crippen LogP contribution in [0.4, 0.5) is 11.8 Å². The minimum absolute atomic E-state index is 0.343. The number of nitrogens with one attached hydrogen (secondary N) is 3. The van der Waals surface area contributed by atoms with E-state index < -0.39 is 0 Å². The van der Waals surface area contributed by atoms with Crippen molar-refractivity contribution in [3.8, 4) is 0 Å². The molecule has 3 heterocycles. The average Bonchev–Trinajstić information content (AvgIpc) is 2.98. The number of hydrogen-bond acceptors (Lipinski definition) is 6. The molecule has 1 saturated heterocycles. The van der Waals surface area contributed by atoms with Crippen LogP contribution in [0, 0.1) is 6.92 Å². The fraction of sp³-hybridized carbons (Fsp3) is 0.562. The lowest BCUT2D eigenvalue weighted by atomic mass is 10.1. The maximum atomic E-state index is 5.48. The number of aromatic nitrogens is 4. The Morgan fingerprint density at radius 1 is 1.43 bits per heavy atom. The van der Waals surface area contributed by atoms with Crippen LogP contribution in [0.5, 0.6) is 0 Å². The van der Waals surface area contributed by atoms with Crippen molar-refractivity contribution in [3.05, 3.63) is 29.7 Å². The van der Waals surface area contributed by atoms with Gasteiger partial charge in [-0.05, 0) is 44.2 Å². The molecule has 2 aromatic heterocycles. The van der Waals surface area contributed by atoms with Gasteiger partial charge < -0.3 is 15.4 Å². The molecule has 0 spiro atoms. The van der Waals surface area contributed by atoms with E-state index in [1.807, 2.05) is 19.2 Å². The third kappa shape index (κ3) is 4.66. The standard InChI is InChI=1S/C16H24N6O/c1-12-13(10-19-22-12)4-2-7-17-16-18-8-6-15(21-16)20-14-5-3-9-23-11-14/h6,8,10,14H,2-5,7,9,11H2,1H3,(H,19,22)(H2,17,18,20,21). The van der Waals surface area contributed by atoms with Crippen molar-refractivity contribution >= 4 is 11.8 Å². The topological polar surface area (TPSA) is 87.8 Å². The first-order valence-corrected chi connectivity index (χ1v) is 8.21. The smallest absolute Gasteiger partial charge is 0.224 e. The fourth-order valence-electron chi connectivity index (χ4n) is 2.69. The van der Waals surface area contributed by atoms with Crippen LogP contribution in [-0.2, 0) is 11.2 Å². The van der Waals surface area contributed by atoms with Gasteiger partial charge in [0, 0.05) is 25.0 Å². The molecule has 0 aliphatic carbocycles. The average molecular weight is 316 g/mol. The molecule has 3 rings (SSSR count). The molecule has 0 radical (unpaired) electrons. The van der Waals surface area contributed by atoms with Crippen molar-refractivity contribution in [1.29, 1.82) is 0 Å². The van der Waals surface area contributed by atoms with Crippen molar-refractivity contribution in [2.75, 3.05) is 30.4 Å². The number of rotatable bonds is 7. The quantitative estimate of drug-likeness (QED) is 0.678. The predicted octanol–water partition coefficient (Wildman–Crippen LogP) is 2.14. The third-order valence-electron chi connectivity index (χ3n) is 4.01. The highest BCUT2D eigenvalue weighted by Gasteiger charge is 2.14. The number of nitrogens with zero attached hydrogens (tertiary/aromatic N) is 3. The second kappa shape index (κ2) is 7.92. The summed E-state index contributed by atoms with van der Waals surface area (Å²) >= 11 is 0. The van der Waals surface area contributed by atoms with E-state index in [1.165, 1.54) is 5.56 Å². The van der Waals surface area contributed by atoms with E-state index in [1.54, 1.807) is 6.20 Å².